The number of benzene rings is 1. The molecule has 1 aromatic carbocycles. The van der Waals surface area contributed by atoms with E-state index in [-0.39, 0.29) is 5.25 Å². The molecule has 2 aromatic rings. The third kappa shape index (κ3) is 2.38. The van der Waals surface area contributed by atoms with Gasteiger partial charge in [-0.15, -0.1) is 0 Å². The molecule has 3 heterocycles. The lowest BCUT2D eigenvalue weighted by Gasteiger charge is -2.32. The summed E-state index contributed by atoms with van der Waals surface area (Å²) in [4.78, 5) is 0. The average molecular weight is 298 g/mol. The molecule has 3 nitrogen and oxygen atoms in total. The largest absolute Gasteiger partial charge is 0.259 e. The molecule has 2 bridgehead atoms. The molecule has 0 amide bonds. The summed E-state index contributed by atoms with van der Waals surface area (Å²) in [5, 5.41) is 5.08. The van der Waals surface area contributed by atoms with E-state index in [9.17, 15) is 4.21 Å². The molecule has 0 saturated carbocycles. The van der Waals surface area contributed by atoms with E-state index < -0.39 is 10.8 Å². The van der Waals surface area contributed by atoms with Crippen LogP contribution in [0.4, 0.5) is 0 Å². The summed E-state index contributed by atoms with van der Waals surface area (Å²) >= 11 is 0. The summed E-state index contributed by atoms with van der Waals surface area (Å²) in [5.41, 5.74) is 3.57. The Morgan fingerprint density at radius 1 is 1.19 bits per heavy atom. The minimum Gasteiger partial charge on any atom is -0.259 e. The van der Waals surface area contributed by atoms with Crippen molar-refractivity contribution in [1.82, 2.24) is 9.78 Å². The normalized spacial score (nSPS) is 28.2. The molecule has 0 radical (unpaired) electrons. The summed E-state index contributed by atoms with van der Waals surface area (Å²) in [5.74, 6) is 0. The molecule has 108 valence electrons. The fraction of sp³-hybridized carbons (Fsp3) is 0.353. The number of nitrogens with zero attached hydrogens (tertiary/aromatic N) is 2. The Labute approximate surface area is 127 Å². The van der Waals surface area contributed by atoms with Gasteiger partial charge in [-0.3, -0.25) is 4.21 Å². The third-order valence-electron chi connectivity index (χ3n) is 4.45. The van der Waals surface area contributed by atoms with E-state index in [1.165, 1.54) is 17.6 Å². The second kappa shape index (κ2) is 5.26. The van der Waals surface area contributed by atoms with Crippen LogP contribution in [0.15, 0.2) is 48.8 Å². The zero-order valence-corrected chi connectivity index (χ0v) is 12.6. The van der Waals surface area contributed by atoms with Gasteiger partial charge < -0.3 is 0 Å². The van der Waals surface area contributed by atoms with Crippen LogP contribution in [-0.2, 0) is 10.8 Å². The van der Waals surface area contributed by atoms with Crippen molar-refractivity contribution >= 4 is 16.4 Å². The van der Waals surface area contributed by atoms with Crippen LogP contribution in [0, 0.1) is 0 Å². The maximum Gasteiger partial charge on any atom is 0.0645 e. The average Bonchev–Trinajstić information content (AvgIpc) is 2.98. The number of para-hydroxylation sites is 1. The quantitative estimate of drug-likeness (QED) is 0.852. The Bertz CT molecular complexity index is 705. The Balaban J connectivity index is 1.66. The fourth-order valence-electron chi connectivity index (χ4n) is 3.32. The summed E-state index contributed by atoms with van der Waals surface area (Å²) in [6.07, 6.45) is 10.6. The summed E-state index contributed by atoms with van der Waals surface area (Å²) < 4.78 is 14.2. The van der Waals surface area contributed by atoms with Crippen molar-refractivity contribution in [3.63, 3.8) is 0 Å². The standard InChI is InChI=1S/C17H18N2OS/c20-21-16-7-4-8-17(21)10-13(9-16)14-11-18-19(12-14)15-5-2-1-3-6-15/h1-3,5-6,9,11-12,16-17H,4,7-8,10H2. The highest BCUT2D eigenvalue weighted by atomic mass is 32.2. The summed E-state index contributed by atoms with van der Waals surface area (Å²) in [7, 11) is -0.663. The zero-order chi connectivity index (χ0) is 14.2. The number of rotatable bonds is 2. The van der Waals surface area contributed by atoms with Crippen molar-refractivity contribution < 1.29 is 4.21 Å². The van der Waals surface area contributed by atoms with Gasteiger partial charge in [0.15, 0.2) is 0 Å². The monoisotopic (exact) mass is 298 g/mol. The predicted octanol–water partition coefficient (Wildman–Crippen LogP) is 3.33. The van der Waals surface area contributed by atoms with Crippen LogP contribution in [0.3, 0.4) is 0 Å². The van der Waals surface area contributed by atoms with Crippen LogP contribution in [-0.4, -0.2) is 24.5 Å². The lowest BCUT2D eigenvalue weighted by atomic mass is 9.95. The van der Waals surface area contributed by atoms with Gasteiger partial charge in [0.2, 0.25) is 0 Å². The second-order valence-electron chi connectivity index (χ2n) is 5.83. The van der Waals surface area contributed by atoms with Crippen molar-refractivity contribution in [2.45, 2.75) is 36.2 Å². The first-order chi connectivity index (χ1) is 10.3. The molecule has 1 fully saturated rings. The summed E-state index contributed by atoms with van der Waals surface area (Å²) in [6, 6.07) is 10.1. The smallest absolute Gasteiger partial charge is 0.0645 e. The van der Waals surface area contributed by atoms with Gasteiger partial charge in [-0.25, -0.2) is 4.68 Å². The van der Waals surface area contributed by atoms with Crippen LogP contribution >= 0.6 is 0 Å². The maximum atomic E-state index is 12.3. The number of hydrogen-bond donors (Lipinski definition) is 0. The molecule has 3 unspecified atom stereocenters. The van der Waals surface area contributed by atoms with Crippen molar-refractivity contribution in [2.24, 2.45) is 0 Å². The van der Waals surface area contributed by atoms with Gasteiger partial charge in [0.1, 0.15) is 0 Å². The predicted molar refractivity (Wildman–Crippen MR) is 85.7 cm³/mol. The number of aromatic nitrogens is 2. The zero-order valence-electron chi connectivity index (χ0n) is 11.8. The molecular formula is C17H18N2OS. The van der Waals surface area contributed by atoms with E-state index in [0.717, 1.165) is 24.9 Å². The molecule has 1 aromatic heterocycles. The van der Waals surface area contributed by atoms with Gasteiger partial charge in [0, 0.05) is 27.8 Å². The van der Waals surface area contributed by atoms with Crippen LogP contribution in [0.2, 0.25) is 0 Å². The molecule has 0 spiro atoms. The number of hydrogen-bond acceptors (Lipinski definition) is 2. The van der Waals surface area contributed by atoms with Crippen LogP contribution in [0.5, 0.6) is 0 Å². The van der Waals surface area contributed by atoms with E-state index in [1.54, 1.807) is 0 Å². The molecule has 0 N–H and O–H groups in total. The lowest BCUT2D eigenvalue weighted by Crippen LogP contribution is -2.33. The molecule has 0 aliphatic carbocycles. The van der Waals surface area contributed by atoms with Crippen molar-refractivity contribution in [1.29, 1.82) is 0 Å². The van der Waals surface area contributed by atoms with Crippen LogP contribution < -0.4 is 0 Å². The Morgan fingerprint density at radius 3 is 2.86 bits per heavy atom. The minimum atomic E-state index is -0.663. The SMILES string of the molecule is O=S1C2C=C(c3cnn(-c4ccccc4)c3)CC1CCC2. The number of allylic oxidation sites excluding steroid dienone is 1. The van der Waals surface area contributed by atoms with Gasteiger partial charge in [-0.05, 0) is 37.0 Å². The van der Waals surface area contributed by atoms with Crippen LogP contribution in [0.1, 0.15) is 31.2 Å². The van der Waals surface area contributed by atoms with Crippen LogP contribution in [0.25, 0.3) is 11.3 Å². The van der Waals surface area contributed by atoms with Crippen molar-refractivity contribution in [3.8, 4) is 5.69 Å². The lowest BCUT2D eigenvalue weighted by molar-refractivity contribution is 0.579. The fourth-order valence-corrected chi connectivity index (χ4v) is 5.26. The Kier molecular flexibility index (Phi) is 3.26. The molecule has 2 aliphatic heterocycles. The first-order valence-corrected chi connectivity index (χ1v) is 8.79. The molecule has 4 rings (SSSR count). The Hall–Kier alpha value is -1.68. The third-order valence-corrected chi connectivity index (χ3v) is 6.48. The van der Waals surface area contributed by atoms with Gasteiger partial charge in [0.05, 0.1) is 17.1 Å². The highest BCUT2D eigenvalue weighted by molar-refractivity contribution is 7.86. The molecular weight excluding hydrogens is 280 g/mol. The first kappa shape index (κ1) is 13.0. The Morgan fingerprint density at radius 2 is 2.05 bits per heavy atom. The molecule has 4 heteroatoms. The highest BCUT2D eigenvalue weighted by Gasteiger charge is 2.33. The molecule has 21 heavy (non-hydrogen) atoms. The van der Waals surface area contributed by atoms with Gasteiger partial charge in [-0.2, -0.15) is 5.10 Å². The second-order valence-corrected chi connectivity index (χ2v) is 7.75. The topological polar surface area (TPSA) is 34.9 Å². The maximum absolute atomic E-state index is 12.3. The molecule has 2 aliphatic rings. The van der Waals surface area contributed by atoms with Gasteiger partial charge in [0.25, 0.3) is 0 Å². The first-order valence-electron chi connectivity index (χ1n) is 7.52. The van der Waals surface area contributed by atoms with E-state index in [0.29, 0.717) is 5.25 Å². The molecule has 1 saturated heterocycles. The van der Waals surface area contributed by atoms with E-state index in [1.807, 2.05) is 29.1 Å². The van der Waals surface area contributed by atoms with Gasteiger partial charge in [-0.1, -0.05) is 30.7 Å². The van der Waals surface area contributed by atoms with Gasteiger partial charge >= 0.3 is 0 Å². The summed E-state index contributed by atoms with van der Waals surface area (Å²) in [6.45, 7) is 0. The molecule has 3 atom stereocenters. The van der Waals surface area contributed by atoms with E-state index >= 15 is 0 Å². The van der Waals surface area contributed by atoms with Crippen molar-refractivity contribution in [2.75, 3.05) is 0 Å². The highest BCUT2D eigenvalue weighted by Crippen LogP contribution is 2.36. The minimum absolute atomic E-state index is 0.257. The van der Waals surface area contributed by atoms with E-state index in [4.69, 9.17) is 0 Å². The van der Waals surface area contributed by atoms with E-state index in [2.05, 4.69) is 29.5 Å². The van der Waals surface area contributed by atoms with Crippen molar-refractivity contribution in [3.05, 3.63) is 54.4 Å². The number of fused-ring (bicyclic) bond motifs is 2.